The van der Waals surface area contributed by atoms with Crippen LogP contribution in [0.1, 0.15) is 23.0 Å². The number of aryl methyl sites for hydroxylation is 2. The highest BCUT2D eigenvalue weighted by Gasteiger charge is 2.21. The summed E-state index contributed by atoms with van der Waals surface area (Å²) in [4.78, 5) is 23.6. The molecule has 2 aromatic carbocycles. The molecule has 1 heterocycles. The van der Waals surface area contributed by atoms with Crippen LogP contribution in [-0.2, 0) is 6.54 Å². The standard InChI is InChI=1S/C19H18ClN3O4/c1-4-22-15-7-5-12(20)9-14(15)11(2)18(22)19(24)21-13-6-8-17(27-3)16(10-13)23(25)26/h5-10H,4H2,1-3H3,(H,21,24). The molecule has 0 spiro atoms. The van der Waals surface area contributed by atoms with Crippen molar-refractivity contribution in [2.45, 2.75) is 20.4 Å². The second kappa shape index (κ2) is 7.28. The molecular weight excluding hydrogens is 370 g/mol. The number of hydrogen-bond donors (Lipinski definition) is 1. The number of rotatable bonds is 5. The smallest absolute Gasteiger partial charge is 0.312 e. The summed E-state index contributed by atoms with van der Waals surface area (Å²) in [5.74, 6) is -0.215. The number of ether oxygens (including phenoxy) is 1. The minimum Gasteiger partial charge on any atom is -0.490 e. The Morgan fingerprint density at radius 2 is 2.04 bits per heavy atom. The van der Waals surface area contributed by atoms with Gasteiger partial charge < -0.3 is 14.6 Å². The molecule has 0 atom stereocenters. The summed E-state index contributed by atoms with van der Waals surface area (Å²) in [7, 11) is 1.36. The van der Waals surface area contributed by atoms with E-state index in [2.05, 4.69) is 5.32 Å². The van der Waals surface area contributed by atoms with Gasteiger partial charge in [0.2, 0.25) is 0 Å². The molecule has 0 aliphatic carbocycles. The van der Waals surface area contributed by atoms with Crippen molar-refractivity contribution in [3.63, 3.8) is 0 Å². The van der Waals surface area contributed by atoms with Gasteiger partial charge in [-0.15, -0.1) is 0 Å². The Morgan fingerprint density at radius 3 is 2.67 bits per heavy atom. The number of carbonyl (C=O) groups excluding carboxylic acids is 1. The highest BCUT2D eigenvalue weighted by molar-refractivity contribution is 6.31. The van der Waals surface area contributed by atoms with Crippen LogP contribution < -0.4 is 10.1 Å². The van der Waals surface area contributed by atoms with Crippen molar-refractivity contribution < 1.29 is 14.5 Å². The molecule has 140 valence electrons. The van der Waals surface area contributed by atoms with Crippen molar-refractivity contribution in [1.29, 1.82) is 0 Å². The molecule has 1 N–H and O–H groups in total. The van der Waals surface area contributed by atoms with E-state index in [1.165, 1.54) is 19.2 Å². The molecule has 3 rings (SSSR count). The number of amides is 1. The molecule has 0 unspecified atom stereocenters. The summed E-state index contributed by atoms with van der Waals surface area (Å²) >= 11 is 6.09. The molecule has 0 aliphatic heterocycles. The Kier molecular flexibility index (Phi) is 5.05. The molecule has 7 nitrogen and oxygen atoms in total. The number of hydrogen-bond acceptors (Lipinski definition) is 4. The van der Waals surface area contributed by atoms with E-state index in [0.29, 0.717) is 22.9 Å². The summed E-state index contributed by atoms with van der Waals surface area (Å²) in [5.41, 5.74) is 2.31. The van der Waals surface area contributed by atoms with Crippen molar-refractivity contribution in [3.8, 4) is 5.75 Å². The molecule has 0 bridgehead atoms. The number of nitro groups is 1. The van der Waals surface area contributed by atoms with Gasteiger partial charge in [-0.05, 0) is 49.7 Å². The van der Waals surface area contributed by atoms with Gasteiger partial charge >= 0.3 is 5.69 Å². The van der Waals surface area contributed by atoms with Crippen LogP contribution in [0.15, 0.2) is 36.4 Å². The summed E-state index contributed by atoms with van der Waals surface area (Å²) in [6.07, 6.45) is 0. The second-order valence-corrected chi connectivity index (χ2v) is 6.41. The van der Waals surface area contributed by atoms with Crippen LogP contribution in [0.3, 0.4) is 0 Å². The van der Waals surface area contributed by atoms with Crippen LogP contribution in [-0.4, -0.2) is 22.5 Å². The Labute approximate surface area is 160 Å². The summed E-state index contributed by atoms with van der Waals surface area (Å²) in [5, 5.41) is 15.4. The molecule has 0 saturated heterocycles. The minimum absolute atomic E-state index is 0.131. The quantitative estimate of drug-likeness (QED) is 0.503. The van der Waals surface area contributed by atoms with Gasteiger partial charge in [0.05, 0.1) is 12.0 Å². The highest BCUT2D eigenvalue weighted by Crippen LogP contribution is 2.31. The number of anilines is 1. The zero-order valence-electron chi connectivity index (χ0n) is 15.1. The lowest BCUT2D eigenvalue weighted by molar-refractivity contribution is -0.385. The average Bonchev–Trinajstić information content (AvgIpc) is 2.93. The lowest BCUT2D eigenvalue weighted by Crippen LogP contribution is -2.18. The van der Waals surface area contributed by atoms with Gasteiger partial charge in [0.25, 0.3) is 5.91 Å². The zero-order chi connectivity index (χ0) is 19.7. The van der Waals surface area contributed by atoms with Crippen LogP contribution in [0.2, 0.25) is 5.02 Å². The van der Waals surface area contributed by atoms with E-state index >= 15 is 0 Å². The highest BCUT2D eigenvalue weighted by atomic mass is 35.5. The van der Waals surface area contributed by atoms with E-state index in [4.69, 9.17) is 16.3 Å². The first-order valence-corrected chi connectivity index (χ1v) is 8.67. The number of nitrogens with zero attached hydrogens (tertiary/aromatic N) is 2. The van der Waals surface area contributed by atoms with E-state index in [-0.39, 0.29) is 17.3 Å². The summed E-state index contributed by atoms with van der Waals surface area (Å²) in [6, 6.07) is 9.78. The van der Waals surface area contributed by atoms with E-state index < -0.39 is 4.92 Å². The number of carbonyl (C=O) groups is 1. The van der Waals surface area contributed by atoms with Gasteiger partial charge in [-0.2, -0.15) is 0 Å². The maximum absolute atomic E-state index is 12.9. The van der Waals surface area contributed by atoms with Crippen LogP contribution in [0.4, 0.5) is 11.4 Å². The predicted molar refractivity (Wildman–Crippen MR) is 105 cm³/mol. The fourth-order valence-electron chi connectivity index (χ4n) is 3.22. The number of benzene rings is 2. The van der Waals surface area contributed by atoms with Crippen LogP contribution >= 0.6 is 11.6 Å². The first kappa shape index (κ1) is 18.7. The maximum atomic E-state index is 12.9. The Morgan fingerprint density at radius 1 is 1.30 bits per heavy atom. The maximum Gasteiger partial charge on any atom is 0.312 e. The van der Waals surface area contributed by atoms with Crippen LogP contribution in [0.25, 0.3) is 10.9 Å². The Bertz CT molecular complexity index is 1060. The topological polar surface area (TPSA) is 86.4 Å². The van der Waals surface area contributed by atoms with Gasteiger partial charge in [0, 0.05) is 34.2 Å². The molecule has 0 aliphatic rings. The predicted octanol–water partition coefficient (Wildman–Crippen LogP) is 4.79. The molecule has 0 fully saturated rings. The molecule has 1 aromatic heterocycles. The van der Waals surface area contributed by atoms with Gasteiger partial charge in [-0.25, -0.2) is 0 Å². The normalized spacial score (nSPS) is 10.8. The molecular formula is C19H18ClN3O4. The molecule has 8 heteroatoms. The van der Waals surface area contributed by atoms with E-state index in [9.17, 15) is 14.9 Å². The van der Waals surface area contributed by atoms with Gasteiger partial charge in [0.15, 0.2) is 5.75 Å². The lowest BCUT2D eigenvalue weighted by Gasteiger charge is -2.10. The number of aromatic nitrogens is 1. The van der Waals surface area contributed by atoms with Gasteiger partial charge in [-0.1, -0.05) is 11.6 Å². The number of nitrogens with one attached hydrogen (secondary N) is 1. The van der Waals surface area contributed by atoms with Gasteiger partial charge in [-0.3, -0.25) is 14.9 Å². The Hall–Kier alpha value is -3.06. The van der Waals surface area contributed by atoms with E-state index in [1.807, 2.05) is 30.5 Å². The lowest BCUT2D eigenvalue weighted by atomic mass is 10.1. The summed E-state index contributed by atoms with van der Waals surface area (Å²) < 4.78 is 6.88. The van der Waals surface area contributed by atoms with E-state index in [1.54, 1.807) is 12.1 Å². The van der Waals surface area contributed by atoms with Gasteiger partial charge in [0.1, 0.15) is 5.69 Å². The Balaban J connectivity index is 2.03. The largest absolute Gasteiger partial charge is 0.490 e. The molecule has 27 heavy (non-hydrogen) atoms. The zero-order valence-corrected chi connectivity index (χ0v) is 15.8. The fraction of sp³-hybridized carbons (Fsp3) is 0.211. The number of halogens is 1. The first-order chi connectivity index (χ1) is 12.9. The van der Waals surface area contributed by atoms with Crippen molar-refractivity contribution in [2.24, 2.45) is 0 Å². The third kappa shape index (κ3) is 3.33. The monoisotopic (exact) mass is 387 g/mol. The van der Waals surface area contributed by atoms with Crippen molar-refractivity contribution in [1.82, 2.24) is 4.57 Å². The fourth-order valence-corrected chi connectivity index (χ4v) is 3.39. The summed E-state index contributed by atoms with van der Waals surface area (Å²) in [6.45, 7) is 4.40. The SMILES string of the molecule is CCn1c(C(=O)Nc2ccc(OC)c([N+](=O)[O-])c2)c(C)c2cc(Cl)ccc21. The third-order valence-corrected chi connectivity index (χ3v) is 4.68. The molecule has 1 amide bonds. The van der Waals surface area contributed by atoms with Crippen molar-refractivity contribution in [2.75, 3.05) is 12.4 Å². The number of nitro benzene ring substituents is 1. The van der Waals surface area contributed by atoms with E-state index in [0.717, 1.165) is 16.5 Å². The molecule has 3 aromatic rings. The third-order valence-electron chi connectivity index (χ3n) is 4.44. The number of methoxy groups -OCH3 is 1. The van der Waals surface area contributed by atoms with Crippen molar-refractivity contribution in [3.05, 3.63) is 62.8 Å². The average molecular weight is 388 g/mol. The van der Waals surface area contributed by atoms with Crippen LogP contribution in [0.5, 0.6) is 5.75 Å². The molecule has 0 radical (unpaired) electrons. The molecule has 0 saturated carbocycles. The van der Waals surface area contributed by atoms with Crippen LogP contribution in [0, 0.1) is 17.0 Å². The van der Waals surface area contributed by atoms with Crippen molar-refractivity contribution >= 4 is 39.8 Å². The number of fused-ring (bicyclic) bond motifs is 1. The minimum atomic E-state index is -0.551. The first-order valence-electron chi connectivity index (χ1n) is 8.29. The second-order valence-electron chi connectivity index (χ2n) is 5.98.